The van der Waals surface area contributed by atoms with Crippen LogP contribution in [0.2, 0.25) is 0 Å². The Morgan fingerprint density at radius 3 is 1.67 bits per heavy atom. The van der Waals surface area contributed by atoms with Crippen molar-refractivity contribution in [2.24, 2.45) is 0 Å². The van der Waals surface area contributed by atoms with E-state index in [4.69, 9.17) is 11.5 Å². The van der Waals surface area contributed by atoms with Gasteiger partial charge in [0.2, 0.25) is 0 Å². The highest BCUT2D eigenvalue weighted by atomic mass is 16.3. The summed E-state index contributed by atoms with van der Waals surface area (Å²) >= 11 is 0. The van der Waals surface area contributed by atoms with Crippen LogP contribution in [0.4, 0.5) is 11.4 Å². The lowest BCUT2D eigenvalue weighted by Crippen LogP contribution is -1.93. The molecule has 0 unspecified atom stereocenters. The molecule has 0 aliphatic carbocycles. The van der Waals surface area contributed by atoms with E-state index in [1.54, 1.807) is 12.1 Å². The molecule has 0 bridgehead atoms. The topological polar surface area (TPSA) is 72.3 Å². The van der Waals surface area contributed by atoms with Gasteiger partial charge in [0.15, 0.2) is 0 Å². The Balaban J connectivity index is 2.02. The number of hydrogen-bond donors (Lipinski definition) is 3. The molecule has 132 valence electrons. The van der Waals surface area contributed by atoms with Crippen LogP contribution in [0.15, 0.2) is 91.0 Å². The molecular weight excluding hydrogens is 332 g/mol. The van der Waals surface area contributed by atoms with Gasteiger partial charge in [0.05, 0.1) is 0 Å². The Kier molecular flexibility index (Phi) is 4.27. The molecule has 0 fully saturated rings. The molecule has 4 aromatic carbocycles. The molecule has 5 N–H and O–H groups in total. The van der Waals surface area contributed by atoms with E-state index in [2.05, 4.69) is 24.3 Å². The van der Waals surface area contributed by atoms with E-state index < -0.39 is 0 Å². The third-order valence-corrected chi connectivity index (χ3v) is 4.62. The van der Waals surface area contributed by atoms with Crippen molar-refractivity contribution in [3.63, 3.8) is 0 Å². The predicted molar refractivity (Wildman–Crippen MR) is 113 cm³/mol. The summed E-state index contributed by atoms with van der Waals surface area (Å²) in [5, 5.41) is 9.66. The van der Waals surface area contributed by atoms with Crippen molar-refractivity contribution in [3.8, 4) is 39.1 Å². The number of hydrogen-bond acceptors (Lipinski definition) is 3. The Morgan fingerprint density at radius 1 is 0.519 bits per heavy atom. The Morgan fingerprint density at radius 2 is 1.04 bits per heavy atom. The molecule has 0 radical (unpaired) electrons. The lowest BCUT2D eigenvalue weighted by Gasteiger charge is -2.17. The molecule has 0 aliphatic rings. The fourth-order valence-electron chi connectivity index (χ4n) is 3.39. The number of anilines is 2. The highest BCUT2D eigenvalue weighted by Crippen LogP contribution is 2.41. The minimum Gasteiger partial charge on any atom is -0.508 e. The van der Waals surface area contributed by atoms with Gasteiger partial charge in [-0.3, -0.25) is 0 Å². The third kappa shape index (κ3) is 3.35. The third-order valence-electron chi connectivity index (χ3n) is 4.62. The Bertz CT molecular complexity index is 1100. The number of benzene rings is 4. The average molecular weight is 352 g/mol. The quantitative estimate of drug-likeness (QED) is 0.423. The van der Waals surface area contributed by atoms with Gasteiger partial charge in [0, 0.05) is 11.4 Å². The number of aromatic hydroxyl groups is 1. The van der Waals surface area contributed by atoms with Gasteiger partial charge in [-0.15, -0.1) is 0 Å². The smallest absolute Gasteiger partial charge is 0.115 e. The van der Waals surface area contributed by atoms with E-state index in [-0.39, 0.29) is 5.75 Å². The summed E-state index contributed by atoms with van der Waals surface area (Å²) in [6, 6.07) is 29.2. The fraction of sp³-hybridized carbons (Fsp3) is 0. The first-order valence-electron chi connectivity index (χ1n) is 8.76. The summed E-state index contributed by atoms with van der Waals surface area (Å²) in [6.45, 7) is 0. The number of phenols is 1. The summed E-state index contributed by atoms with van der Waals surface area (Å²) in [5.41, 5.74) is 19.9. The van der Waals surface area contributed by atoms with Crippen LogP contribution in [-0.2, 0) is 0 Å². The van der Waals surface area contributed by atoms with Crippen LogP contribution in [0, 0.1) is 0 Å². The van der Waals surface area contributed by atoms with E-state index >= 15 is 0 Å². The van der Waals surface area contributed by atoms with Crippen molar-refractivity contribution in [1.29, 1.82) is 0 Å². The maximum Gasteiger partial charge on any atom is 0.115 e. The van der Waals surface area contributed by atoms with Crippen molar-refractivity contribution in [3.05, 3.63) is 91.0 Å². The first-order chi connectivity index (χ1) is 13.1. The molecule has 0 saturated heterocycles. The van der Waals surface area contributed by atoms with Crippen LogP contribution in [0.25, 0.3) is 33.4 Å². The summed E-state index contributed by atoms with van der Waals surface area (Å²) < 4.78 is 0. The predicted octanol–water partition coefficient (Wildman–Crippen LogP) is 5.56. The summed E-state index contributed by atoms with van der Waals surface area (Å²) in [4.78, 5) is 0. The second-order valence-corrected chi connectivity index (χ2v) is 6.53. The normalized spacial score (nSPS) is 10.7. The molecule has 3 nitrogen and oxygen atoms in total. The fourth-order valence-corrected chi connectivity index (χ4v) is 3.39. The standard InChI is InChI=1S/C24H20N2O/c25-19-6-1-4-17(14-19)23-9-3-8-22(16-10-12-21(27)13-11-16)24(23)18-5-2-7-20(26)15-18/h1-15,27H,25-26H2. The first kappa shape index (κ1) is 16.7. The van der Waals surface area contributed by atoms with Crippen LogP contribution in [0.1, 0.15) is 0 Å². The van der Waals surface area contributed by atoms with Gasteiger partial charge < -0.3 is 16.6 Å². The molecular formula is C24H20N2O. The summed E-state index contributed by atoms with van der Waals surface area (Å²) in [6.07, 6.45) is 0. The molecule has 27 heavy (non-hydrogen) atoms. The molecule has 0 spiro atoms. The van der Waals surface area contributed by atoms with E-state index in [1.165, 1.54) is 0 Å². The van der Waals surface area contributed by atoms with Gasteiger partial charge in [-0.05, 0) is 69.8 Å². The summed E-state index contributed by atoms with van der Waals surface area (Å²) in [5.74, 6) is 0.247. The highest BCUT2D eigenvalue weighted by Gasteiger charge is 2.14. The van der Waals surface area contributed by atoms with Crippen LogP contribution in [0.5, 0.6) is 5.75 Å². The zero-order valence-electron chi connectivity index (χ0n) is 14.8. The van der Waals surface area contributed by atoms with E-state index in [0.29, 0.717) is 5.69 Å². The van der Waals surface area contributed by atoms with Gasteiger partial charge >= 0.3 is 0 Å². The van der Waals surface area contributed by atoms with Gasteiger partial charge in [0.1, 0.15) is 5.75 Å². The molecule has 4 rings (SSSR count). The number of nitrogens with two attached hydrogens (primary N) is 2. The molecule has 3 heteroatoms. The highest BCUT2D eigenvalue weighted by molar-refractivity contribution is 5.95. The van der Waals surface area contributed by atoms with Crippen molar-refractivity contribution in [2.45, 2.75) is 0 Å². The SMILES string of the molecule is Nc1cccc(-c2cccc(-c3ccc(O)cc3)c2-c2cccc(N)c2)c1. The van der Waals surface area contributed by atoms with Crippen molar-refractivity contribution >= 4 is 11.4 Å². The molecule has 0 heterocycles. The summed E-state index contributed by atoms with van der Waals surface area (Å²) in [7, 11) is 0. The number of nitrogen functional groups attached to an aromatic ring is 2. The van der Waals surface area contributed by atoms with Gasteiger partial charge in [-0.25, -0.2) is 0 Å². The lowest BCUT2D eigenvalue weighted by atomic mass is 9.87. The molecule has 0 aromatic heterocycles. The largest absolute Gasteiger partial charge is 0.508 e. The molecule has 4 aromatic rings. The van der Waals surface area contributed by atoms with Crippen LogP contribution in [0.3, 0.4) is 0 Å². The minimum absolute atomic E-state index is 0.247. The zero-order valence-corrected chi connectivity index (χ0v) is 14.8. The molecule has 0 aliphatic heterocycles. The van der Waals surface area contributed by atoms with Crippen molar-refractivity contribution in [1.82, 2.24) is 0 Å². The van der Waals surface area contributed by atoms with Gasteiger partial charge in [-0.2, -0.15) is 0 Å². The van der Waals surface area contributed by atoms with Gasteiger partial charge in [0.25, 0.3) is 0 Å². The van der Waals surface area contributed by atoms with E-state index in [1.807, 2.05) is 54.6 Å². The first-order valence-corrected chi connectivity index (χ1v) is 8.76. The zero-order chi connectivity index (χ0) is 18.8. The average Bonchev–Trinajstić information content (AvgIpc) is 2.68. The number of phenolic OH excluding ortho intramolecular Hbond substituents is 1. The molecule has 0 amide bonds. The van der Waals surface area contributed by atoms with Crippen LogP contribution < -0.4 is 11.5 Å². The minimum atomic E-state index is 0.247. The van der Waals surface area contributed by atoms with Crippen molar-refractivity contribution in [2.75, 3.05) is 11.5 Å². The van der Waals surface area contributed by atoms with E-state index in [9.17, 15) is 5.11 Å². The van der Waals surface area contributed by atoms with Crippen LogP contribution >= 0.6 is 0 Å². The second-order valence-electron chi connectivity index (χ2n) is 6.53. The molecule has 0 atom stereocenters. The molecule has 0 saturated carbocycles. The number of rotatable bonds is 3. The Labute approximate surface area is 158 Å². The van der Waals surface area contributed by atoms with Crippen molar-refractivity contribution < 1.29 is 5.11 Å². The Hall–Kier alpha value is -3.72. The second kappa shape index (κ2) is 6.89. The van der Waals surface area contributed by atoms with E-state index in [0.717, 1.165) is 39.1 Å². The van der Waals surface area contributed by atoms with Gasteiger partial charge in [-0.1, -0.05) is 54.6 Å². The van der Waals surface area contributed by atoms with Crippen LogP contribution in [-0.4, -0.2) is 5.11 Å². The monoisotopic (exact) mass is 352 g/mol. The maximum absolute atomic E-state index is 9.66. The lowest BCUT2D eigenvalue weighted by molar-refractivity contribution is 0.475. The maximum atomic E-state index is 9.66.